The quantitative estimate of drug-likeness (QED) is 0.810. The summed E-state index contributed by atoms with van der Waals surface area (Å²) in [5.74, 6) is -0.831. The van der Waals surface area contributed by atoms with Crippen LogP contribution in [0, 0.1) is 0 Å². The highest BCUT2D eigenvalue weighted by molar-refractivity contribution is 5.96. The van der Waals surface area contributed by atoms with Crippen LogP contribution < -0.4 is 5.73 Å². The van der Waals surface area contributed by atoms with Gasteiger partial charge in [-0.2, -0.15) is 0 Å². The van der Waals surface area contributed by atoms with Gasteiger partial charge in [-0.3, -0.25) is 9.88 Å². The molecule has 0 aromatic carbocycles. The molecule has 1 aromatic rings. The predicted molar refractivity (Wildman–Crippen MR) is 64.9 cm³/mol. The van der Waals surface area contributed by atoms with Crippen LogP contribution in [0.15, 0.2) is 0 Å². The van der Waals surface area contributed by atoms with Crippen molar-refractivity contribution < 1.29 is 9.90 Å². The molecule has 0 radical (unpaired) electrons. The summed E-state index contributed by atoms with van der Waals surface area (Å²) in [4.78, 5) is 17.9. The molecule has 3 N–H and O–H groups in total. The molecule has 1 aliphatic heterocycles. The zero-order valence-electron chi connectivity index (χ0n) is 10.3. The molecule has 0 spiro atoms. The average Bonchev–Trinajstić information content (AvgIpc) is 2.55. The van der Waals surface area contributed by atoms with Crippen LogP contribution in [0.3, 0.4) is 0 Å². The first-order chi connectivity index (χ1) is 7.91. The summed E-state index contributed by atoms with van der Waals surface area (Å²) in [6.45, 7) is 5.23. The van der Waals surface area contributed by atoms with Crippen molar-refractivity contribution in [1.82, 2.24) is 9.88 Å². The fraction of sp³-hybridized carbons (Fsp3) is 0.500. The number of aromatic carboxylic acids is 1. The third-order valence-corrected chi connectivity index (χ3v) is 3.06. The zero-order valence-corrected chi connectivity index (χ0v) is 10.3. The number of carboxylic acids is 1. The van der Waals surface area contributed by atoms with Crippen LogP contribution in [0.5, 0.6) is 0 Å². The number of anilines is 1. The minimum atomic E-state index is -0.960. The van der Waals surface area contributed by atoms with Crippen LogP contribution in [-0.2, 0) is 13.1 Å². The van der Waals surface area contributed by atoms with Gasteiger partial charge in [-0.15, -0.1) is 0 Å². The third-order valence-electron chi connectivity index (χ3n) is 3.06. The second-order valence-corrected chi connectivity index (χ2v) is 4.84. The van der Waals surface area contributed by atoms with E-state index in [0.717, 1.165) is 11.3 Å². The molecular formula is C12H17N3O2. The van der Waals surface area contributed by atoms with Crippen LogP contribution in [-0.4, -0.2) is 28.0 Å². The molecule has 2 rings (SSSR count). The molecule has 0 fully saturated rings. The Kier molecular flexibility index (Phi) is 2.79. The highest BCUT2D eigenvalue weighted by atomic mass is 16.4. The fourth-order valence-electron chi connectivity index (χ4n) is 2.27. The van der Waals surface area contributed by atoms with Crippen molar-refractivity contribution in [3.05, 3.63) is 22.5 Å². The Balaban J connectivity index is 2.68. The Labute approximate surface area is 100 Å². The lowest BCUT2D eigenvalue weighted by molar-refractivity contribution is 0.0696. The van der Waals surface area contributed by atoms with Gasteiger partial charge in [0.2, 0.25) is 0 Å². The number of nitrogens with zero attached hydrogens (tertiary/aromatic N) is 2. The Bertz CT molecular complexity index is 483. The van der Waals surface area contributed by atoms with Crippen LogP contribution in [0.2, 0.25) is 0 Å². The Hall–Kier alpha value is -1.62. The number of carboxylic acid groups (broad SMARTS) is 1. The van der Waals surface area contributed by atoms with Gasteiger partial charge in [-0.1, -0.05) is 13.8 Å². The lowest BCUT2D eigenvalue weighted by atomic mass is 9.99. The number of fused-ring (bicyclic) bond motifs is 1. The molecule has 92 valence electrons. The first-order valence-electron chi connectivity index (χ1n) is 5.64. The number of nitrogens with two attached hydrogens (primary N) is 1. The maximum Gasteiger partial charge on any atom is 0.338 e. The summed E-state index contributed by atoms with van der Waals surface area (Å²) < 4.78 is 0. The maximum absolute atomic E-state index is 11.3. The van der Waals surface area contributed by atoms with E-state index in [1.54, 1.807) is 0 Å². The van der Waals surface area contributed by atoms with E-state index >= 15 is 0 Å². The molecule has 17 heavy (non-hydrogen) atoms. The summed E-state index contributed by atoms with van der Waals surface area (Å²) in [7, 11) is 1.94. The standard InChI is InChI=1S/C12H17N3O2/c1-6(2)11-10(13)9(12(16)17)7-4-15(3)5-8(7)14-11/h6H,4-5,13H2,1-3H3,(H,16,17). The topological polar surface area (TPSA) is 79.4 Å². The number of pyridine rings is 1. The van der Waals surface area contributed by atoms with Crippen molar-refractivity contribution >= 4 is 11.7 Å². The van der Waals surface area contributed by atoms with Crippen molar-refractivity contribution in [3.63, 3.8) is 0 Å². The Morgan fingerprint density at radius 3 is 2.65 bits per heavy atom. The normalized spacial score (nSPS) is 15.3. The van der Waals surface area contributed by atoms with Gasteiger partial charge in [0.1, 0.15) is 0 Å². The van der Waals surface area contributed by atoms with Gasteiger partial charge in [-0.05, 0) is 13.0 Å². The Morgan fingerprint density at radius 1 is 1.47 bits per heavy atom. The summed E-state index contributed by atoms with van der Waals surface area (Å²) in [6, 6.07) is 0. The van der Waals surface area contributed by atoms with E-state index in [9.17, 15) is 9.90 Å². The molecule has 2 heterocycles. The number of rotatable bonds is 2. The van der Waals surface area contributed by atoms with Crippen LogP contribution in [0.4, 0.5) is 5.69 Å². The number of nitrogen functional groups attached to an aromatic ring is 1. The number of aromatic nitrogens is 1. The lowest BCUT2D eigenvalue weighted by Gasteiger charge is -2.14. The van der Waals surface area contributed by atoms with Crippen molar-refractivity contribution in [2.24, 2.45) is 0 Å². The van der Waals surface area contributed by atoms with Crippen LogP contribution in [0.1, 0.15) is 47.1 Å². The molecule has 0 atom stereocenters. The molecule has 1 aliphatic rings. The van der Waals surface area contributed by atoms with E-state index in [-0.39, 0.29) is 11.5 Å². The lowest BCUT2D eigenvalue weighted by Crippen LogP contribution is -2.13. The monoisotopic (exact) mass is 235 g/mol. The largest absolute Gasteiger partial charge is 0.478 e. The SMILES string of the molecule is CC(C)c1nc2c(c(C(=O)O)c1N)CN(C)C2. The average molecular weight is 235 g/mol. The maximum atomic E-state index is 11.3. The van der Waals surface area contributed by atoms with Gasteiger partial charge in [0.05, 0.1) is 22.6 Å². The summed E-state index contributed by atoms with van der Waals surface area (Å²) in [5.41, 5.74) is 8.81. The molecule has 1 aromatic heterocycles. The van der Waals surface area contributed by atoms with E-state index < -0.39 is 5.97 Å². The van der Waals surface area contributed by atoms with Gasteiger partial charge in [0.25, 0.3) is 0 Å². The van der Waals surface area contributed by atoms with Crippen LogP contribution in [0.25, 0.3) is 0 Å². The molecule has 0 unspecified atom stereocenters. The summed E-state index contributed by atoms with van der Waals surface area (Å²) >= 11 is 0. The molecule has 0 amide bonds. The second-order valence-electron chi connectivity index (χ2n) is 4.84. The molecule has 0 saturated carbocycles. The fourth-order valence-corrected chi connectivity index (χ4v) is 2.27. The van der Waals surface area contributed by atoms with Crippen molar-refractivity contribution in [2.45, 2.75) is 32.9 Å². The van der Waals surface area contributed by atoms with E-state index in [0.29, 0.717) is 24.5 Å². The van der Waals surface area contributed by atoms with E-state index in [1.165, 1.54) is 0 Å². The highest BCUT2D eigenvalue weighted by Gasteiger charge is 2.28. The number of hydrogen-bond donors (Lipinski definition) is 2. The molecule has 0 aliphatic carbocycles. The third kappa shape index (κ3) is 1.86. The Morgan fingerprint density at radius 2 is 2.12 bits per heavy atom. The molecule has 5 heteroatoms. The minimum absolute atomic E-state index is 0.129. The smallest absolute Gasteiger partial charge is 0.338 e. The summed E-state index contributed by atoms with van der Waals surface area (Å²) in [6.07, 6.45) is 0. The molecular weight excluding hydrogens is 218 g/mol. The number of hydrogen-bond acceptors (Lipinski definition) is 4. The van der Waals surface area contributed by atoms with Gasteiger partial charge in [-0.25, -0.2) is 4.79 Å². The van der Waals surface area contributed by atoms with Crippen LogP contribution >= 0.6 is 0 Å². The molecule has 0 bridgehead atoms. The van der Waals surface area contributed by atoms with E-state index in [1.807, 2.05) is 25.8 Å². The predicted octanol–water partition coefficient (Wildman–Crippen LogP) is 1.43. The highest BCUT2D eigenvalue weighted by Crippen LogP contribution is 2.32. The second kappa shape index (κ2) is 4.00. The first kappa shape index (κ1) is 11.9. The number of carbonyl (C=O) groups is 1. The first-order valence-corrected chi connectivity index (χ1v) is 5.64. The molecule has 5 nitrogen and oxygen atoms in total. The van der Waals surface area contributed by atoms with E-state index in [4.69, 9.17) is 5.73 Å². The van der Waals surface area contributed by atoms with Gasteiger partial charge < -0.3 is 10.8 Å². The minimum Gasteiger partial charge on any atom is -0.478 e. The molecule has 0 saturated heterocycles. The van der Waals surface area contributed by atoms with Gasteiger partial charge in [0, 0.05) is 18.7 Å². The zero-order chi connectivity index (χ0) is 12.7. The van der Waals surface area contributed by atoms with Crippen molar-refractivity contribution in [1.29, 1.82) is 0 Å². The van der Waals surface area contributed by atoms with Crippen molar-refractivity contribution in [2.75, 3.05) is 12.8 Å². The van der Waals surface area contributed by atoms with Crippen molar-refractivity contribution in [3.8, 4) is 0 Å². The summed E-state index contributed by atoms with van der Waals surface area (Å²) in [5, 5.41) is 9.30. The van der Waals surface area contributed by atoms with E-state index in [2.05, 4.69) is 4.98 Å². The van der Waals surface area contributed by atoms with Gasteiger partial charge in [0.15, 0.2) is 0 Å². The van der Waals surface area contributed by atoms with Gasteiger partial charge >= 0.3 is 5.97 Å².